The Kier molecular flexibility index (Phi) is 11.3. The molecule has 13 heteroatoms. The van der Waals surface area contributed by atoms with E-state index in [1.165, 1.54) is 75.0 Å². The van der Waals surface area contributed by atoms with Crippen molar-refractivity contribution in [2.75, 3.05) is 10.6 Å². The lowest BCUT2D eigenvalue weighted by Crippen LogP contribution is -2.37. The summed E-state index contributed by atoms with van der Waals surface area (Å²) in [7, 11) is 0. The first-order valence-corrected chi connectivity index (χ1v) is 26.4. The quantitative estimate of drug-likeness (QED) is 0.142. The lowest BCUT2D eigenvalue weighted by molar-refractivity contribution is -0.124. The van der Waals surface area contributed by atoms with Gasteiger partial charge < -0.3 is 11.1 Å². The number of hydrogen-bond donors (Lipinski definition) is 2. The van der Waals surface area contributed by atoms with Crippen molar-refractivity contribution in [1.29, 1.82) is 0 Å². The van der Waals surface area contributed by atoms with Gasteiger partial charge in [0.2, 0.25) is 11.8 Å². The van der Waals surface area contributed by atoms with E-state index in [9.17, 15) is 9.59 Å². The number of aromatic nitrogens is 8. The van der Waals surface area contributed by atoms with E-state index >= 15 is 0 Å². The molecule has 2 amide bonds. The van der Waals surface area contributed by atoms with Crippen molar-refractivity contribution in [3.63, 3.8) is 0 Å². The van der Waals surface area contributed by atoms with Crippen molar-refractivity contribution in [2.24, 2.45) is 11.8 Å². The number of hydrogen-bond acceptors (Lipinski definition) is 10. The molecule has 13 nitrogen and oxygen atoms in total. The van der Waals surface area contributed by atoms with Crippen LogP contribution in [0.1, 0.15) is 144 Å². The van der Waals surface area contributed by atoms with Crippen molar-refractivity contribution < 1.29 is 9.59 Å². The van der Waals surface area contributed by atoms with Gasteiger partial charge in [0, 0.05) is 94.7 Å². The highest BCUT2D eigenvalue weighted by Gasteiger charge is 2.43. The van der Waals surface area contributed by atoms with Crippen LogP contribution in [-0.2, 0) is 9.59 Å². The average Bonchev–Trinajstić information content (AvgIpc) is 4.28. The standard InChI is InChI=1S/C32H33N5O2.C27H28N6/c1-19(38)36(20(2)39)32-29(24-10-11-24)30(26-15-21-8-9-22(14-21)16-26)35-31-27(18-34-37(31)32)25-12-13-28(33-17-25)23-6-4-3-5-7-23;28-26-24(17-6-7-17)25(19-12-20-9-10-21(13-19)31-20)32-27-22(15-30-33(26)27)18-8-11-23(29-14-18)16-4-2-1-3-5-16/h3-7,12-13,17-18,21-22,24,26H,8-11,14-16H2,1-2H3;1-5,8,11,14-15,17,19-21,31H,6-7,9-10,12-13,28H2/t21-,22+,26?;19?,20-,21+. The zero-order valence-corrected chi connectivity index (χ0v) is 41.1. The molecule has 14 rings (SSSR count). The molecule has 0 spiro atoms. The largest absolute Gasteiger partial charge is 0.383 e. The Hall–Kier alpha value is -7.12. The fourth-order valence-electron chi connectivity index (χ4n) is 13.0. The Morgan fingerprint density at radius 1 is 0.528 bits per heavy atom. The molecule has 2 saturated heterocycles. The summed E-state index contributed by atoms with van der Waals surface area (Å²) < 4.78 is 3.59. The van der Waals surface area contributed by atoms with Crippen molar-refractivity contribution in [2.45, 2.75) is 133 Å². The molecule has 364 valence electrons. The Morgan fingerprint density at radius 3 is 1.51 bits per heavy atom. The van der Waals surface area contributed by atoms with Gasteiger partial charge in [-0.05, 0) is 106 Å². The van der Waals surface area contributed by atoms with Gasteiger partial charge >= 0.3 is 0 Å². The number of carbonyl (C=O) groups excluding carboxylic acids is 2. The summed E-state index contributed by atoms with van der Waals surface area (Å²) in [6.45, 7) is 2.92. The fourth-order valence-corrected chi connectivity index (χ4v) is 13.0. The SMILES string of the molecule is CC(=O)N(C(C)=O)c1c(C2CC2)c(C2C[C@H]3CC[C@@H](C2)C3)nc2c(-c3ccc(-c4ccccc4)nc3)cnn12.Nc1c(C2CC2)c(C2C[C@H]3CC[C@@H](C2)N3)nc2c(-c3ccc(-c4ccccc4)nc3)cnn12. The predicted octanol–water partition coefficient (Wildman–Crippen LogP) is 11.4. The summed E-state index contributed by atoms with van der Waals surface area (Å²) in [5.41, 5.74) is 20.8. The summed E-state index contributed by atoms with van der Waals surface area (Å²) in [6, 6.07) is 29.9. The predicted molar refractivity (Wildman–Crippen MR) is 280 cm³/mol. The zero-order chi connectivity index (χ0) is 48.6. The molecule has 4 aliphatic carbocycles. The molecule has 8 aromatic rings. The number of carbonyl (C=O) groups is 2. The number of imide groups is 1. The molecule has 4 bridgehead atoms. The highest BCUT2D eigenvalue weighted by atomic mass is 16.2. The van der Waals surface area contributed by atoms with E-state index < -0.39 is 0 Å². The molecule has 72 heavy (non-hydrogen) atoms. The van der Waals surface area contributed by atoms with Gasteiger partial charge in [0.1, 0.15) is 5.82 Å². The van der Waals surface area contributed by atoms with Crippen LogP contribution in [0.3, 0.4) is 0 Å². The number of nitrogens with one attached hydrogen (secondary N) is 1. The van der Waals surface area contributed by atoms with Crippen molar-refractivity contribution in [3.8, 4) is 44.8 Å². The molecule has 2 unspecified atom stereocenters. The van der Waals surface area contributed by atoms with Crippen LogP contribution in [0.15, 0.2) is 110 Å². The maximum atomic E-state index is 12.9. The molecule has 3 N–H and O–H groups in total. The van der Waals surface area contributed by atoms with E-state index in [-0.39, 0.29) is 11.8 Å². The van der Waals surface area contributed by atoms with E-state index in [0.29, 0.717) is 47.2 Å². The summed E-state index contributed by atoms with van der Waals surface area (Å²) in [6.07, 6.45) is 23.1. The van der Waals surface area contributed by atoms with Gasteiger partial charge in [-0.3, -0.25) is 19.6 Å². The minimum absolute atomic E-state index is 0.294. The normalized spacial score (nSPS) is 23.2. The van der Waals surface area contributed by atoms with Crippen LogP contribution in [0.2, 0.25) is 0 Å². The number of nitrogens with two attached hydrogens (primary N) is 1. The monoisotopic (exact) mass is 956 g/mol. The van der Waals surface area contributed by atoms with E-state index in [4.69, 9.17) is 30.8 Å². The molecule has 4 saturated carbocycles. The van der Waals surface area contributed by atoms with Crippen LogP contribution in [0.4, 0.5) is 11.6 Å². The molecule has 6 fully saturated rings. The zero-order valence-electron chi connectivity index (χ0n) is 41.1. The third-order valence-corrected chi connectivity index (χ3v) is 16.7. The van der Waals surface area contributed by atoms with Crippen LogP contribution < -0.4 is 16.0 Å². The number of nitrogen functional groups attached to an aromatic ring is 1. The second kappa shape index (κ2) is 18.2. The number of amides is 2. The number of rotatable bonds is 9. The van der Waals surface area contributed by atoms with E-state index in [1.807, 2.05) is 77.7 Å². The Bertz CT molecular complexity index is 3300. The van der Waals surface area contributed by atoms with Gasteiger partial charge in [-0.2, -0.15) is 19.2 Å². The Labute approximate surface area is 419 Å². The van der Waals surface area contributed by atoms with Crippen LogP contribution in [0, 0.1) is 11.8 Å². The van der Waals surface area contributed by atoms with Gasteiger partial charge in [0.25, 0.3) is 0 Å². The first-order chi connectivity index (χ1) is 35.2. The highest BCUT2D eigenvalue weighted by Crippen LogP contribution is 2.54. The lowest BCUT2D eigenvalue weighted by atomic mass is 9.78. The molecule has 6 atom stereocenters. The van der Waals surface area contributed by atoms with Gasteiger partial charge in [-0.25, -0.2) is 14.9 Å². The number of benzene rings is 2. The summed E-state index contributed by atoms with van der Waals surface area (Å²) >= 11 is 0. The maximum Gasteiger partial charge on any atom is 0.231 e. The molecule has 6 aliphatic rings. The Morgan fingerprint density at radius 2 is 1.01 bits per heavy atom. The second-order valence-corrected chi connectivity index (χ2v) is 21.7. The average molecular weight is 956 g/mol. The van der Waals surface area contributed by atoms with Gasteiger partial charge in [-0.15, -0.1) is 0 Å². The van der Waals surface area contributed by atoms with Gasteiger partial charge in [-0.1, -0.05) is 85.6 Å². The minimum Gasteiger partial charge on any atom is -0.383 e. The minimum atomic E-state index is -0.294. The third-order valence-electron chi connectivity index (χ3n) is 16.7. The first-order valence-electron chi connectivity index (χ1n) is 26.4. The molecule has 2 aromatic carbocycles. The number of anilines is 2. The topological polar surface area (TPSA) is 162 Å². The highest BCUT2D eigenvalue weighted by molar-refractivity contribution is 6.13. The summed E-state index contributed by atoms with van der Waals surface area (Å²) in [4.78, 5) is 47.3. The third kappa shape index (κ3) is 8.25. The van der Waals surface area contributed by atoms with Gasteiger partial charge in [0.15, 0.2) is 17.1 Å². The summed E-state index contributed by atoms with van der Waals surface area (Å²) in [5, 5.41) is 13.2. The molecule has 2 aliphatic heterocycles. The second-order valence-electron chi connectivity index (χ2n) is 21.7. The van der Waals surface area contributed by atoms with Crippen LogP contribution in [0.5, 0.6) is 0 Å². The van der Waals surface area contributed by atoms with Crippen LogP contribution >= 0.6 is 0 Å². The number of nitrogens with zero attached hydrogens (tertiary/aromatic N) is 9. The van der Waals surface area contributed by atoms with Crippen molar-refractivity contribution in [3.05, 3.63) is 132 Å². The van der Waals surface area contributed by atoms with Crippen LogP contribution in [0.25, 0.3) is 56.1 Å². The molecular formula is C59H61N11O2. The number of pyridine rings is 2. The van der Waals surface area contributed by atoms with E-state index in [2.05, 4.69) is 40.7 Å². The van der Waals surface area contributed by atoms with Crippen molar-refractivity contribution >= 4 is 34.7 Å². The lowest BCUT2D eigenvalue weighted by Gasteiger charge is -2.31. The first kappa shape index (κ1) is 44.8. The molecular weight excluding hydrogens is 895 g/mol. The molecule has 0 radical (unpaired) electrons. The smallest absolute Gasteiger partial charge is 0.231 e. The molecule has 6 aromatic heterocycles. The fraction of sp³-hybridized carbons (Fsp3) is 0.390. The van der Waals surface area contributed by atoms with E-state index in [0.717, 1.165) is 118 Å². The number of piperidine rings is 1. The Balaban J connectivity index is 0.000000142. The summed E-state index contributed by atoms with van der Waals surface area (Å²) in [5.74, 6) is 3.96. The van der Waals surface area contributed by atoms with Crippen molar-refractivity contribution in [1.82, 2.24) is 44.5 Å². The maximum absolute atomic E-state index is 12.9. The van der Waals surface area contributed by atoms with Crippen LogP contribution in [-0.4, -0.2) is 63.1 Å². The van der Waals surface area contributed by atoms with E-state index in [1.54, 1.807) is 10.7 Å². The molecule has 8 heterocycles. The van der Waals surface area contributed by atoms with Gasteiger partial charge in [0.05, 0.1) is 35.2 Å². The number of fused-ring (bicyclic) bond motifs is 6.